The van der Waals surface area contributed by atoms with Gasteiger partial charge in [0.25, 0.3) is 5.56 Å². The molecule has 3 aromatic heterocycles. The highest BCUT2D eigenvalue weighted by Crippen LogP contribution is 2.29. The van der Waals surface area contributed by atoms with Crippen molar-refractivity contribution in [1.82, 2.24) is 19.5 Å². The standard InChI is InChI=1S/C18H16ClF3N4O4S/c1-9-12-15(27)24-14(25-16(12)31-13(9)17(28)30-6-5-29-2)10(19)7-11-23-3-4-26(11)8-18(20,21)22/h3-4,7H,5-6,8H2,1-2H3,(H,24,25,27)/b10-7-. The van der Waals surface area contributed by atoms with Crippen LogP contribution in [0.25, 0.3) is 21.3 Å². The summed E-state index contributed by atoms with van der Waals surface area (Å²) in [6, 6.07) is 0. The summed E-state index contributed by atoms with van der Waals surface area (Å²) >= 11 is 7.15. The summed E-state index contributed by atoms with van der Waals surface area (Å²) < 4.78 is 48.8. The summed E-state index contributed by atoms with van der Waals surface area (Å²) in [5.41, 5.74) is -0.140. The molecule has 0 unspecified atom stereocenters. The van der Waals surface area contributed by atoms with Gasteiger partial charge in [0.05, 0.1) is 17.0 Å². The second kappa shape index (κ2) is 9.20. The number of esters is 1. The third-order valence-electron chi connectivity index (χ3n) is 4.09. The Morgan fingerprint density at radius 1 is 1.39 bits per heavy atom. The molecule has 1 N–H and O–H groups in total. The van der Waals surface area contributed by atoms with Gasteiger partial charge in [-0.3, -0.25) is 4.79 Å². The number of aryl methyl sites for hydroxylation is 1. The average Bonchev–Trinajstić information content (AvgIpc) is 3.24. The number of nitrogens with zero attached hydrogens (tertiary/aromatic N) is 3. The fourth-order valence-corrected chi connectivity index (χ4v) is 3.97. The van der Waals surface area contributed by atoms with E-state index >= 15 is 0 Å². The van der Waals surface area contributed by atoms with Crippen molar-refractivity contribution < 1.29 is 27.4 Å². The molecule has 0 saturated carbocycles. The number of imidazole rings is 1. The molecule has 0 bridgehead atoms. The number of hydrogen-bond donors (Lipinski definition) is 1. The SMILES string of the molecule is COCCOC(=O)c1sc2nc(/C(Cl)=C/c3nccn3CC(F)(F)F)[nH]c(=O)c2c1C. The molecule has 0 aromatic carbocycles. The maximum absolute atomic E-state index is 12.7. The van der Waals surface area contributed by atoms with Gasteiger partial charge in [-0.05, 0) is 12.5 Å². The number of hydrogen-bond acceptors (Lipinski definition) is 7. The summed E-state index contributed by atoms with van der Waals surface area (Å²) in [5, 5.41) is 0.0828. The van der Waals surface area contributed by atoms with E-state index in [4.69, 9.17) is 21.1 Å². The van der Waals surface area contributed by atoms with Crippen molar-refractivity contribution in [3.63, 3.8) is 0 Å². The average molecular weight is 477 g/mol. The molecule has 3 heterocycles. The number of carbonyl (C=O) groups excluding carboxylic acids is 1. The highest BCUT2D eigenvalue weighted by Gasteiger charge is 2.28. The van der Waals surface area contributed by atoms with E-state index in [1.165, 1.54) is 13.3 Å². The molecule has 8 nitrogen and oxygen atoms in total. The summed E-state index contributed by atoms with van der Waals surface area (Å²) in [5.74, 6) is -0.745. The fraction of sp³-hybridized carbons (Fsp3) is 0.333. The topological polar surface area (TPSA) is 99.1 Å². The monoisotopic (exact) mass is 476 g/mol. The third kappa shape index (κ3) is 5.32. The molecule has 3 aromatic rings. The van der Waals surface area contributed by atoms with E-state index in [-0.39, 0.29) is 45.0 Å². The number of aromatic amines is 1. The van der Waals surface area contributed by atoms with Gasteiger partial charge in [0.1, 0.15) is 28.7 Å². The van der Waals surface area contributed by atoms with Crippen LogP contribution in [0.2, 0.25) is 0 Å². The molecule has 0 aliphatic heterocycles. The zero-order chi connectivity index (χ0) is 22.8. The normalized spacial score (nSPS) is 12.5. The van der Waals surface area contributed by atoms with E-state index in [0.717, 1.165) is 28.2 Å². The largest absolute Gasteiger partial charge is 0.459 e. The Balaban J connectivity index is 1.95. The minimum atomic E-state index is -4.44. The summed E-state index contributed by atoms with van der Waals surface area (Å²) in [6.45, 7) is 0.624. The van der Waals surface area contributed by atoms with Gasteiger partial charge < -0.3 is 19.0 Å². The van der Waals surface area contributed by atoms with E-state index < -0.39 is 24.2 Å². The first kappa shape index (κ1) is 23.0. The molecule has 13 heteroatoms. The molecular weight excluding hydrogens is 461 g/mol. The van der Waals surface area contributed by atoms with Crippen LogP contribution in [-0.4, -0.2) is 52.0 Å². The van der Waals surface area contributed by atoms with Crippen LogP contribution in [0.1, 0.15) is 26.9 Å². The van der Waals surface area contributed by atoms with Crippen molar-refractivity contribution in [2.45, 2.75) is 19.6 Å². The van der Waals surface area contributed by atoms with Crippen LogP contribution in [-0.2, 0) is 16.0 Å². The lowest BCUT2D eigenvalue weighted by atomic mass is 10.2. The molecule has 31 heavy (non-hydrogen) atoms. The van der Waals surface area contributed by atoms with Crippen molar-refractivity contribution in [2.75, 3.05) is 20.3 Å². The number of aromatic nitrogens is 4. The first-order valence-corrected chi connectivity index (χ1v) is 9.95. The Kier molecular flexibility index (Phi) is 6.82. The van der Waals surface area contributed by atoms with Crippen LogP contribution < -0.4 is 5.56 Å². The number of H-pyrrole nitrogens is 1. The zero-order valence-electron chi connectivity index (χ0n) is 16.2. The molecular formula is C18H16ClF3N4O4S. The molecule has 0 saturated heterocycles. The van der Waals surface area contributed by atoms with Crippen LogP contribution in [0.4, 0.5) is 13.2 Å². The second-order valence-electron chi connectivity index (χ2n) is 6.30. The first-order chi connectivity index (χ1) is 14.6. The summed E-state index contributed by atoms with van der Waals surface area (Å²) in [4.78, 5) is 35.8. The van der Waals surface area contributed by atoms with Gasteiger partial charge in [-0.25, -0.2) is 14.8 Å². The van der Waals surface area contributed by atoms with Gasteiger partial charge >= 0.3 is 12.1 Å². The van der Waals surface area contributed by atoms with Gasteiger partial charge in [0.2, 0.25) is 0 Å². The quantitative estimate of drug-likeness (QED) is 0.413. The fourth-order valence-electron chi connectivity index (χ4n) is 2.70. The molecule has 0 fully saturated rings. The maximum atomic E-state index is 12.7. The molecule has 0 radical (unpaired) electrons. The molecule has 166 valence electrons. The first-order valence-electron chi connectivity index (χ1n) is 8.75. The Hall–Kier alpha value is -2.70. The molecule has 0 amide bonds. The molecule has 0 aliphatic rings. The highest BCUT2D eigenvalue weighted by molar-refractivity contribution is 7.20. The predicted octanol–water partition coefficient (Wildman–Crippen LogP) is 3.59. The number of fused-ring (bicyclic) bond motifs is 1. The van der Waals surface area contributed by atoms with Gasteiger partial charge in [-0.1, -0.05) is 11.6 Å². The van der Waals surface area contributed by atoms with Gasteiger partial charge in [0.15, 0.2) is 5.82 Å². The minimum Gasteiger partial charge on any atom is -0.459 e. The van der Waals surface area contributed by atoms with E-state index in [9.17, 15) is 22.8 Å². The van der Waals surface area contributed by atoms with E-state index in [1.54, 1.807) is 6.92 Å². The van der Waals surface area contributed by atoms with E-state index in [2.05, 4.69) is 15.0 Å². The number of nitrogens with one attached hydrogen (secondary N) is 1. The lowest BCUT2D eigenvalue weighted by Crippen LogP contribution is -2.18. The van der Waals surface area contributed by atoms with Crippen LogP contribution in [0.3, 0.4) is 0 Å². The second-order valence-corrected chi connectivity index (χ2v) is 7.71. The molecule has 0 atom stereocenters. The third-order valence-corrected chi connectivity index (χ3v) is 5.54. The highest BCUT2D eigenvalue weighted by atomic mass is 35.5. The minimum absolute atomic E-state index is 0.0528. The summed E-state index contributed by atoms with van der Waals surface area (Å²) in [6.07, 6.45) is -0.917. The van der Waals surface area contributed by atoms with Gasteiger partial charge in [0, 0.05) is 25.6 Å². The van der Waals surface area contributed by atoms with E-state index in [0.29, 0.717) is 5.56 Å². The number of alkyl halides is 3. The van der Waals surface area contributed by atoms with E-state index in [1.807, 2.05) is 0 Å². The number of rotatable bonds is 7. The van der Waals surface area contributed by atoms with Crippen LogP contribution >= 0.6 is 22.9 Å². The number of ether oxygens (including phenoxy) is 2. The van der Waals surface area contributed by atoms with Crippen LogP contribution in [0, 0.1) is 6.92 Å². The molecule has 3 rings (SSSR count). The zero-order valence-corrected chi connectivity index (χ0v) is 17.8. The lowest BCUT2D eigenvalue weighted by Gasteiger charge is -2.09. The van der Waals surface area contributed by atoms with Crippen molar-refractivity contribution in [1.29, 1.82) is 0 Å². The maximum Gasteiger partial charge on any atom is 0.406 e. The predicted molar refractivity (Wildman–Crippen MR) is 109 cm³/mol. The van der Waals surface area contributed by atoms with Crippen molar-refractivity contribution in [2.24, 2.45) is 0 Å². The number of carbonyl (C=O) groups is 1. The smallest absolute Gasteiger partial charge is 0.406 e. The lowest BCUT2D eigenvalue weighted by molar-refractivity contribution is -0.140. The number of methoxy groups -OCH3 is 1. The van der Waals surface area contributed by atoms with Crippen molar-refractivity contribution >= 4 is 50.2 Å². The Labute approximate surface area is 182 Å². The number of thiophene rings is 1. The van der Waals surface area contributed by atoms with Gasteiger partial charge in [-0.15, -0.1) is 11.3 Å². The molecule has 0 aliphatic carbocycles. The molecule has 0 spiro atoms. The van der Waals surface area contributed by atoms with Crippen LogP contribution in [0.5, 0.6) is 0 Å². The summed E-state index contributed by atoms with van der Waals surface area (Å²) in [7, 11) is 1.47. The number of halogens is 4. The Bertz CT molecular complexity index is 1200. The van der Waals surface area contributed by atoms with Crippen LogP contribution in [0.15, 0.2) is 17.2 Å². The van der Waals surface area contributed by atoms with Gasteiger partial charge in [-0.2, -0.15) is 13.2 Å². The Morgan fingerprint density at radius 3 is 2.81 bits per heavy atom. The van der Waals surface area contributed by atoms with Crippen molar-refractivity contribution in [3.8, 4) is 0 Å². The van der Waals surface area contributed by atoms with Crippen molar-refractivity contribution in [3.05, 3.63) is 44.8 Å². The Morgan fingerprint density at radius 2 is 2.13 bits per heavy atom.